The van der Waals surface area contributed by atoms with Crippen molar-refractivity contribution in [2.24, 2.45) is 0 Å². The third kappa shape index (κ3) is 3.03. The zero-order chi connectivity index (χ0) is 15.6. The van der Waals surface area contributed by atoms with E-state index >= 15 is 0 Å². The number of fused-ring (bicyclic) bond motifs is 2. The van der Waals surface area contributed by atoms with Crippen molar-refractivity contribution in [3.8, 4) is 17.6 Å². The van der Waals surface area contributed by atoms with Crippen LogP contribution in [-0.4, -0.2) is 36.1 Å². The Kier molecular flexibility index (Phi) is 4.22. The summed E-state index contributed by atoms with van der Waals surface area (Å²) in [7, 11) is 2.38. The first kappa shape index (κ1) is 15.1. The molecule has 0 radical (unpaired) electrons. The van der Waals surface area contributed by atoms with Crippen molar-refractivity contribution < 1.29 is 14.0 Å². The van der Waals surface area contributed by atoms with Crippen molar-refractivity contribution in [2.75, 3.05) is 13.6 Å². The zero-order valence-electron chi connectivity index (χ0n) is 13.5. The average molecular weight is 298 g/mol. The molecule has 3 nitrogen and oxygen atoms in total. The highest BCUT2D eigenvalue weighted by molar-refractivity contribution is 5.69. The van der Waals surface area contributed by atoms with Gasteiger partial charge in [0.05, 0.1) is 20.0 Å². The number of hydrogen-bond acceptors (Lipinski definition) is 2. The summed E-state index contributed by atoms with van der Waals surface area (Å²) in [6.07, 6.45) is 5.80. The normalized spacial score (nSPS) is 28.8. The molecule has 3 atom stereocenters. The van der Waals surface area contributed by atoms with Crippen LogP contribution in [0.15, 0.2) is 24.3 Å². The van der Waals surface area contributed by atoms with E-state index < -0.39 is 0 Å². The molecule has 1 fully saturated rings. The highest BCUT2D eigenvalue weighted by Crippen LogP contribution is 2.35. The Morgan fingerprint density at radius 1 is 1.41 bits per heavy atom. The highest BCUT2D eigenvalue weighted by atomic mass is 16.5. The van der Waals surface area contributed by atoms with Crippen LogP contribution in [-0.2, 0) is 11.2 Å². The summed E-state index contributed by atoms with van der Waals surface area (Å²) in [5.74, 6) is 7.15. The SMILES string of the molecule is CC(=O)Oc1cccc(CCC[N+]2(C)[C@@H]3CC#C[C@H]2CC3)c1. The molecule has 1 unspecified atom stereocenters. The van der Waals surface area contributed by atoms with E-state index in [9.17, 15) is 4.79 Å². The van der Waals surface area contributed by atoms with E-state index in [1.807, 2.05) is 18.2 Å². The number of esters is 1. The lowest BCUT2D eigenvalue weighted by Crippen LogP contribution is -2.54. The lowest BCUT2D eigenvalue weighted by Gasteiger charge is -2.40. The van der Waals surface area contributed by atoms with E-state index in [0.29, 0.717) is 11.8 Å². The molecule has 2 aliphatic heterocycles. The summed E-state index contributed by atoms with van der Waals surface area (Å²) >= 11 is 0. The van der Waals surface area contributed by atoms with Crippen LogP contribution in [0.1, 0.15) is 38.2 Å². The van der Waals surface area contributed by atoms with E-state index in [4.69, 9.17) is 4.74 Å². The zero-order valence-corrected chi connectivity index (χ0v) is 13.5. The van der Waals surface area contributed by atoms with Crippen LogP contribution in [0.3, 0.4) is 0 Å². The molecule has 0 aromatic heterocycles. The molecule has 0 amide bonds. The Bertz CT molecular complexity index is 628. The molecular formula is C19H24NO2+. The Hall–Kier alpha value is -1.79. The predicted octanol–water partition coefficient (Wildman–Crippen LogP) is 2.93. The molecule has 2 bridgehead atoms. The number of ether oxygens (including phenoxy) is 1. The summed E-state index contributed by atoms with van der Waals surface area (Å²) in [6.45, 7) is 2.62. The third-order valence-corrected chi connectivity index (χ3v) is 5.19. The fourth-order valence-corrected chi connectivity index (χ4v) is 3.91. The van der Waals surface area contributed by atoms with Gasteiger partial charge in [-0.15, -0.1) is 0 Å². The molecule has 116 valence electrons. The molecule has 0 aliphatic carbocycles. The molecule has 0 saturated carbocycles. The van der Waals surface area contributed by atoms with Crippen LogP contribution in [0, 0.1) is 11.8 Å². The van der Waals surface area contributed by atoms with Gasteiger partial charge in [-0.1, -0.05) is 18.1 Å². The quantitative estimate of drug-likeness (QED) is 0.361. The van der Waals surface area contributed by atoms with E-state index in [1.165, 1.54) is 31.9 Å². The summed E-state index contributed by atoms with van der Waals surface area (Å²) < 4.78 is 6.29. The van der Waals surface area contributed by atoms with Crippen LogP contribution in [0.2, 0.25) is 0 Å². The lowest BCUT2D eigenvalue weighted by atomic mass is 10.0. The second kappa shape index (κ2) is 6.14. The van der Waals surface area contributed by atoms with E-state index in [0.717, 1.165) is 29.8 Å². The van der Waals surface area contributed by atoms with Gasteiger partial charge in [-0.25, -0.2) is 0 Å². The first-order chi connectivity index (χ1) is 10.6. The van der Waals surface area contributed by atoms with Gasteiger partial charge in [0.2, 0.25) is 0 Å². The average Bonchev–Trinajstić information content (AvgIpc) is 2.66. The number of aryl methyl sites for hydroxylation is 1. The maximum Gasteiger partial charge on any atom is 0.308 e. The van der Waals surface area contributed by atoms with Crippen molar-refractivity contribution in [2.45, 2.75) is 51.1 Å². The molecule has 1 saturated heterocycles. The molecule has 0 N–H and O–H groups in total. The lowest BCUT2D eigenvalue weighted by molar-refractivity contribution is -0.936. The molecule has 22 heavy (non-hydrogen) atoms. The van der Waals surface area contributed by atoms with Gasteiger partial charge in [-0.2, -0.15) is 0 Å². The molecule has 2 heterocycles. The van der Waals surface area contributed by atoms with E-state index in [2.05, 4.69) is 25.0 Å². The molecule has 3 rings (SSSR count). The van der Waals surface area contributed by atoms with Crippen molar-refractivity contribution in [1.82, 2.24) is 0 Å². The molecule has 2 aliphatic rings. The van der Waals surface area contributed by atoms with Gasteiger partial charge >= 0.3 is 5.97 Å². The molecule has 0 spiro atoms. The van der Waals surface area contributed by atoms with E-state index in [-0.39, 0.29) is 5.97 Å². The first-order valence-corrected chi connectivity index (χ1v) is 8.18. The minimum absolute atomic E-state index is 0.265. The highest BCUT2D eigenvalue weighted by Gasteiger charge is 2.46. The summed E-state index contributed by atoms with van der Waals surface area (Å²) in [6, 6.07) is 9.16. The van der Waals surface area contributed by atoms with Gasteiger partial charge < -0.3 is 9.22 Å². The number of nitrogens with zero attached hydrogens (tertiary/aromatic N) is 1. The van der Waals surface area contributed by atoms with Crippen LogP contribution in [0.5, 0.6) is 5.75 Å². The number of quaternary nitrogens is 1. The van der Waals surface area contributed by atoms with E-state index in [1.54, 1.807) is 0 Å². The minimum atomic E-state index is -0.265. The van der Waals surface area contributed by atoms with Gasteiger partial charge in [0, 0.05) is 26.2 Å². The van der Waals surface area contributed by atoms with Crippen LogP contribution in [0.25, 0.3) is 0 Å². The monoisotopic (exact) mass is 298 g/mol. The summed E-state index contributed by atoms with van der Waals surface area (Å²) in [5.41, 5.74) is 1.24. The predicted molar refractivity (Wildman–Crippen MR) is 86.3 cm³/mol. The number of hydrogen-bond donors (Lipinski definition) is 0. The van der Waals surface area contributed by atoms with Crippen molar-refractivity contribution >= 4 is 5.97 Å². The molecular weight excluding hydrogens is 274 g/mol. The fraction of sp³-hybridized carbons (Fsp3) is 0.526. The Morgan fingerprint density at radius 2 is 2.27 bits per heavy atom. The Balaban J connectivity index is 1.58. The number of benzene rings is 1. The second-order valence-corrected chi connectivity index (χ2v) is 6.69. The third-order valence-electron chi connectivity index (χ3n) is 5.19. The topological polar surface area (TPSA) is 26.3 Å². The second-order valence-electron chi connectivity index (χ2n) is 6.69. The number of carbonyl (C=O) groups excluding carboxylic acids is 1. The van der Waals surface area contributed by atoms with Gasteiger partial charge in [-0.05, 0) is 30.0 Å². The first-order valence-electron chi connectivity index (χ1n) is 8.18. The standard InChI is InChI=1S/C19H24NO2/c1-15(21)22-19-10-3-6-16(14-19)7-5-13-20(2)17-8-4-9-18(20)12-11-17/h3,6,10,14,17-18H,5,7-8,11-13H2,1-2H3/q+1/t17-,18+,20?/m1/s1. The van der Waals surface area contributed by atoms with Crippen molar-refractivity contribution in [3.63, 3.8) is 0 Å². The summed E-state index contributed by atoms with van der Waals surface area (Å²) in [4.78, 5) is 11.0. The van der Waals surface area contributed by atoms with Crippen molar-refractivity contribution in [3.05, 3.63) is 29.8 Å². The molecule has 1 aromatic rings. The largest absolute Gasteiger partial charge is 0.427 e. The maximum absolute atomic E-state index is 11.0. The van der Waals surface area contributed by atoms with Gasteiger partial charge in [0.15, 0.2) is 6.04 Å². The van der Waals surface area contributed by atoms with Crippen LogP contribution in [0.4, 0.5) is 0 Å². The maximum atomic E-state index is 11.0. The minimum Gasteiger partial charge on any atom is -0.427 e. The Morgan fingerprint density at radius 3 is 3.05 bits per heavy atom. The van der Waals surface area contributed by atoms with Gasteiger partial charge in [-0.3, -0.25) is 4.79 Å². The molecule has 1 aromatic carbocycles. The molecule has 3 heteroatoms. The van der Waals surface area contributed by atoms with Gasteiger partial charge in [0.25, 0.3) is 0 Å². The van der Waals surface area contributed by atoms with Crippen molar-refractivity contribution in [1.29, 1.82) is 0 Å². The number of carbonyl (C=O) groups is 1. The smallest absolute Gasteiger partial charge is 0.308 e. The van der Waals surface area contributed by atoms with Crippen LogP contribution >= 0.6 is 0 Å². The van der Waals surface area contributed by atoms with Gasteiger partial charge in [0.1, 0.15) is 11.8 Å². The number of rotatable bonds is 5. The Labute approximate surface area is 132 Å². The van der Waals surface area contributed by atoms with Crippen LogP contribution < -0.4 is 4.74 Å². The fourth-order valence-electron chi connectivity index (χ4n) is 3.91. The summed E-state index contributed by atoms with van der Waals surface area (Å²) in [5, 5.41) is 0.